The van der Waals surface area contributed by atoms with Crippen LogP contribution in [0.4, 0.5) is 0 Å². The molecule has 0 atom stereocenters. The highest BCUT2D eigenvalue weighted by atomic mass is 16.5. The molecular formula is C8H18N2O2. The van der Waals surface area contributed by atoms with Gasteiger partial charge in [-0.25, -0.2) is 0 Å². The van der Waals surface area contributed by atoms with Gasteiger partial charge < -0.3 is 15.7 Å². The quantitative estimate of drug-likeness (QED) is 0.209. The average molecular weight is 174 g/mol. The van der Waals surface area contributed by atoms with Crippen LogP contribution in [0.2, 0.25) is 0 Å². The summed E-state index contributed by atoms with van der Waals surface area (Å²) >= 11 is 0. The largest absolute Gasteiger partial charge is 0.409 e. The van der Waals surface area contributed by atoms with E-state index in [2.05, 4.69) is 19.0 Å². The van der Waals surface area contributed by atoms with Crippen molar-refractivity contribution < 1.29 is 9.94 Å². The highest BCUT2D eigenvalue weighted by molar-refractivity contribution is 5.80. The van der Waals surface area contributed by atoms with Gasteiger partial charge in [-0.3, -0.25) is 0 Å². The molecule has 3 N–H and O–H groups in total. The Balaban J connectivity index is 3.11. The third-order valence-corrected chi connectivity index (χ3v) is 1.45. The van der Waals surface area contributed by atoms with Gasteiger partial charge in [0.15, 0.2) is 5.84 Å². The van der Waals surface area contributed by atoms with E-state index >= 15 is 0 Å². The molecule has 0 rings (SSSR count). The number of hydrogen-bond acceptors (Lipinski definition) is 3. The Morgan fingerprint density at radius 2 is 2.25 bits per heavy atom. The van der Waals surface area contributed by atoms with E-state index in [1.54, 1.807) is 0 Å². The molecule has 0 aromatic heterocycles. The van der Waals surface area contributed by atoms with Crippen molar-refractivity contribution in [1.82, 2.24) is 0 Å². The van der Waals surface area contributed by atoms with Crippen LogP contribution in [-0.4, -0.2) is 24.3 Å². The number of oxime groups is 1. The standard InChI is InChI=1S/C8H18N2O2/c1-7(2)4-3-5-12-6-8(9)10-11/h7,11H,3-6H2,1-2H3,(H2,9,10). The van der Waals surface area contributed by atoms with Gasteiger partial charge in [0.1, 0.15) is 6.61 Å². The Kier molecular flexibility index (Phi) is 6.47. The average Bonchev–Trinajstić information content (AvgIpc) is 2.03. The Hall–Kier alpha value is -0.770. The minimum atomic E-state index is 0.125. The number of hydrogen-bond donors (Lipinski definition) is 2. The Labute approximate surface area is 73.4 Å². The molecule has 0 amide bonds. The summed E-state index contributed by atoms with van der Waals surface area (Å²) < 4.78 is 5.12. The Morgan fingerprint density at radius 1 is 1.58 bits per heavy atom. The Bertz CT molecular complexity index is 135. The highest BCUT2D eigenvalue weighted by Gasteiger charge is 1.95. The number of rotatable bonds is 6. The minimum absolute atomic E-state index is 0.125. The van der Waals surface area contributed by atoms with Crippen molar-refractivity contribution in [2.45, 2.75) is 26.7 Å². The summed E-state index contributed by atoms with van der Waals surface area (Å²) in [6.07, 6.45) is 2.17. The van der Waals surface area contributed by atoms with Crippen LogP contribution in [0.15, 0.2) is 5.16 Å². The first-order chi connectivity index (χ1) is 5.66. The van der Waals surface area contributed by atoms with Crippen molar-refractivity contribution in [3.05, 3.63) is 0 Å². The molecule has 0 radical (unpaired) electrons. The van der Waals surface area contributed by atoms with Crippen LogP contribution in [0.1, 0.15) is 26.7 Å². The summed E-state index contributed by atoms with van der Waals surface area (Å²) in [6.45, 7) is 5.23. The zero-order valence-corrected chi connectivity index (χ0v) is 7.79. The molecule has 4 heteroatoms. The second kappa shape index (κ2) is 6.91. The maximum absolute atomic E-state index is 8.16. The molecule has 0 saturated heterocycles. The lowest BCUT2D eigenvalue weighted by atomic mass is 10.1. The summed E-state index contributed by atoms with van der Waals surface area (Å²) in [5.41, 5.74) is 5.19. The molecule has 0 aromatic rings. The van der Waals surface area contributed by atoms with E-state index in [4.69, 9.17) is 15.7 Å². The van der Waals surface area contributed by atoms with E-state index < -0.39 is 0 Å². The van der Waals surface area contributed by atoms with Gasteiger partial charge in [-0.2, -0.15) is 0 Å². The monoisotopic (exact) mass is 174 g/mol. The highest BCUT2D eigenvalue weighted by Crippen LogP contribution is 2.02. The van der Waals surface area contributed by atoms with Crippen molar-refractivity contribution in [3.63, 3.8) is 0 Å². The van der Waals surface area contributed by atoms with E-state index in [9.17, 15) is 0 Å². The number of nitrogens with zero attached hydrogens (tertiary/aromatic N) is 1. The normalized spacial score (nSPS) is 12.4. The fourth-order valence-corrected chi connectivity index (χ4v) is 0.799. The third kappa shape index (κ3) is 7.34. The maximum atomic E-state index is 8.16. The van der Waals surface area contributed by atoms with Gasteiger partial charge in [-0.1, -0.05) is 19.0 Å². The summed E-state index contributed by atoms with van der Waals surface area (Å²) in [5.74, 6) is 0.831. The third-order valence-electron chi connectivity index (χ3n) is 1.45. The minimum Gasteiger partial charge on any atom is -0.409 e. The van der Waals surface area contributed by atoms with Crippen LogP contribution in [-0.2, 0) is 4.74 Å². The van der Waals surface area contributed by atoms with Crippen LogP contribution in [0.25, 0.3) is 0 Å². The van der Waals surface area contributed by atoms with E-state index in [1.165, 1.54) is 0 Å². The molecule has 0 spiro atoms. The zero-order chi connectivity index (χ0) is 9.40. The van der Waals surface area contributed by atoms with Crippen molar-refractivity contribution in [1.29, 1.82) is 0 Å². The Morgan fingerprint density at radius 3 is 2.75 bits per heavy atom. The molecule has 72 valence electrons. The summed E-state index contributed by atoms with van der Waals surface area (Å²) in [6, 6.07) is 0. The van der Waals surface area contributed by atoms with Crippen LogP contribution in [0.5, 0.6) is 0 Å². The molecule has 0 aliphatic carbocycles. The fraction of sp³-hybridized carbons (Fsp3) is 0.875. The lowest BCUT2D eigenvalue weighted by Crippen LogP contribution is -2.19. The molecule has 0 bridgehead atoms. The molecule has 0 saturated carbocycles. The molecule has 0 unspecified atom stereocenters. The second-order valence-corrected chi connectivity index (χ2v) is 3.18. The van der Waals surface area contributed by atoms with Crippen molar-refractivity contribution >= 4 is 5.84 Å². The molecule has 0 fully saturated rings. The van der Waals surface area contributed by atoms with Gasteiger partial charge in [0.25, 0.3) is 0 Å². The van der Waals surface area contributed by atoms with Gasteiger partial charge in [0.2, 0.25) is 0 Å². The van der Waals surface area contributed by atoms with E-state index in [-0.39, 0.29) is 12.4 Å². The van der Waals surface area contributed by atoms with Crippen molar-refractivity contribution in [3.8, 4) is 0 Å². The van der Waals surface area contributed by atoms with Crippen LogP contribution in [0.3, 0.4) is 0 Å². The molecule has 0 heterocycles. The van der Waals surface area contributed by atoms with Crippen LogP contribution < -0.4 is 5.73 Å². The predicted octanol–water partition coefficient (Wildman–Crippen LogP) is 1.19. The molecule has 12 heavy (non-hydrogen) atoms. The second-order valence-electron chi connectivity index (χ2n) is 3.18. The predicted molar refractivity (Wildman–Crippen MR) is 48.3 cm³/mol. The lowest BCUT2D eigenvalue weighted by Gasteiger charge is -2.04. The fourth-order valence-electron chi connectivity index (χ4n) is 0.799. The molecular weight excluding hydrogens is 156 g/mol. The van der Waals surface area contributed by atoms with E-state index in [0.29, 0.717) is 12.5 Å². The van der Waals surface area contributed by atoms with E-state index in [0.717, 1.165) is 12.8 Å². The molecule has 0 aromatic carbocycles. The smallest absolute Gasteiger partial charge is 0.165 e. The van der Waals surface area contributed by atoms with Gasteiger partial charge in [0.05, 0.1) is 0 Å². The summed E-state index contributed by atoms with van der Waals surface area (Å²) in [5, 5.41) is 11.0. The number of nitrogens with two attached hydrogens (primary N) is 1. The summed E-state index contributed by atoms with van der Waals surface area (Å²) in [4.78, 5) is 0. The SMILES string of the molecule is CC(C)CCCOC/C(N)=N/O. The zero-order valence-electron chi connectivity index (χ0n) is 7.79. The van der Waals surface area contributed by atoms with Crippen LogP contribution in [0, 0.1) is 5.92 Å². The maximum Gasteiger partial charge on any atom is 0.165 e. The number of ether oxygens (including phenoxy) is 1. The van der Waals surface area contributed by atoms with Gasteiger partial charge in [0, 0.05) is 6.61 Å². The van der Waals surface area contributed by atoms with Crippen LogP contribution >= 0.6 is 0 Å². The van der Waals surface area contributed by atoms with Gasteiger partial charge >= 0.3 is 0 Å². The number of amidine groups is 1. The lowest BCUT2D eigenvalue weighted by molar-refractivity contribution is 0.160. The first-order valence-corrected chi connectivity index (χ1v) is 4.21. The van der Waals surface area contributed by atoms with Gasteiger partial charge in [-0.15, -0.1) is 0 Å². The molecule has 0 aliphatic rings. The molecule has 4 nitrogen and oxygen atoms in total. The first kappa shape index (κ1) is 11.2. The first-order valence-electron chi connectivity index (χ1n) is 4.21. The van der Waals surface area contributed by atoms with E-state index in [1.807, 2.05) is 0 Å². The topological polar surface area (TPSA) is 67.8 Å². The molecule has 0 aliphatic heterocycles. The summed E-state index contributed by atoms with van der Waals surface area (Å²) in [7, 11) is 0. The van der Waals surface area contributed by atoms with Gasteiger partial charge in [-0.05, 0) is 18.8 Å². The van der Waals surface area contributed by atoms with Crippen molar-refractivity contribution in [2.75, 3.05) is 13.2 Å². The van der Waals surface area contributed by atoms with Crippen molar-refractivity contribution in [2.24, 2.45) is 16.8 Å².